The first-order valence-corrected chi connectivity index (χ1v) is 4.73. The van der Waals surface area contributed by atoms with Crippen LogP contribution in [-0.2, 0) is 0 Å². The number of aryl methyl sites for hydroxylation is 1. The molecule has 0 bridgehead atoms. The Morgan fingerprint density at radius 1 is 1.50 bits per heavy atom. The highest BCUT2D eigenvalue weighted by Crippen LogP contribution is 2.26. The molecule has 14 heavy (non-hydrogen) atoms. The summed E-state index contributed by atoms with van der Waals surface area (Å²) in [6.07, 6.45) is 0. The molecule has 0 saturated carbocycles. The molecule has 0 spiro atoms. The Kier molecular flexibility index (Phi) is 3.18. The predicted molar refractivity (Wildman–Crippen MR) is 63.7 cm³/mol. The van der Waals surface area contributed by atoms with Crippen molar-refractivity contribution in [2.24, 2.45) is 0 Å². The lowest BCUT2D eigenvalue weighted by Gasteiger charge is -2.23. The van der Waals surface area contributed by atoms with Gasteiger partial charge in [-0.05, 0) is 25.5 Å². The summed E-state index contributed by atoms with van der Waals surface area (Å²) >= 11 is 0. The minimum absolute atomic E-state index is 0.828. The molecule has 0 aliphatic heterocycles. The third kappa shape index (κ3) is 2.28. The fraction of sp³-hybridized carbons (Fsp3) is 0.333. The Morgan fingerprint density at radius 2 is 2.14 bits per heavy atom. The van der Waals surface area contributed by atoms with Crippen molar-refractivity contribution in [3.05, 3.63) is 35.9 Å². The Hall–Kier alpha value is -1.44. The molecule has 0 aromatic heterocycles. The van der Waals surface area contributed by atoms with Gasteiger partial charge in [0.15, 0.2) is 0 Å². The van der Waals surface area contributed by atoms with E-state index in [0.29, 0.717) is 0 Å². The highest BCUT2D eigenvalue weighted by molar-refractivity contribution is 5.71. The molecule has 0 amide bonds. The van der Waals surface area contributed by atoms with Gasteiger partial charge in [0.25, 0.3) is 0 Å². The van der Waals surface area contributed by atoms with Gasteiger partial charge in [-0.1, -0.05) is 24.3 Å². The van der Waals surface area contributed by atoms with Crippen molar-refractivity contribution >= 4 is 11.4 Å². The lowest BCUT2D eigenvalue weighted by Crippen LogP contribution is -2.21. The van der Waals surface area contributed by atoms with E-state index in [1.165, 1.54) is 5.56 Å². The molecular formula is C12H18N2. The van der Waals surface area contributed by atoms with E-state index in [1.54, 1.807) is 0 Å². The van der Waals surface area contributed by atoms with Crippen LogP contribution < -0.4 is 10.6 Å². The van der Waals surface area contributed by atoms with E-state index in [4.69, 9.17) is 5.73 Å². The number of para-hydroxylation sites is 1. The lowest BCUT2D eigenvalue weighted by molar-refractivity contribution is 0.980. The summed E-state index contributed by atoms with van der Waals surface area (Å²) in [5, 5.41) is 0. The van der Waals surface area contributed by atoms with Gasteiger partial charge in [0.2, 0.25) is 0 Å². The molecule has 0 aliphatic rings. The van der Waals surface area contributed by atoms with Crippen LogP contribution in [0.25, 0.3) is 0 Å². The normalized spacial score (nSPS) is 9.93. The molecule has 1 aromatic carbocycles. The van der Waals surface area contributed by atoms with Crippen molar-refractivity contribution in [1.82, 2.24) is 0 Å². The summed E-state index contributed by atoms with van der Waals surface area (Å²) in [4.78, 5) is 2.13. The van der Waals surface area contributed by atoms with Crippen LogP contribution in [0.4, 0.5) is 11.4 Å². The molecule has 1 aromatic rings. The van der Waals surface area contributed by atoms with E-state index in [2.05, 4.69) is 24.5 Å². The van der Waals surface area contributed by atoms with Gasteiger partial charge in [-0.25, -0.2) is 0 Å². The molecule has 2 heteroatoms. The summed E-state index contributed by atoms with van der Waals surface area (Å²) in [6.45, 7) is 8.83. The van der Waals surface area contributed by atoms with Gasteiger partial charge < -0.3 is 10.6 Å². The van der Waals surface area contributed by atoms with E-state index in [9.17, 15) is 0 Å². The Balaban J connectivity index is 2.99. The first-order chi connectivity index (χ1) is 6.52. The zero-order valence-electron chi connectivity index (χ0n) is 9.17. The zero-order chi connectivity index (χ0) is 10.7. The summed E-state index contributed by atoms with van der Waals surface area (Å²) in [7, 11) is 2.04. The van der Waals surface area contributed by atoms with E-state index in [1.807, 2.05) is 26.1 Å². The van der Waals surface area contributed by atoms with Crippen molar-refractivity contribution in [2.45, 2.75) is 13.8 Å². The smallest absolute Gasteiger partial charge is 0.0629 e. The molecular weight excluding hydrogens is 172 g/mol. The SMILES string of the molecule is C=C(C)CN(C)c1c(C)cccc1N. The Labute approximate surface area is 86.0 Å². The first kappa shape index (κ1) is 10.6. The predicted octanol–water partition coefficient (Wildman–Crippen LogP) is 2.59. The summed E-state index contributed by atoms with van der Waals surface area (Å²) in [6, 6.07) is 5.97. The van der Waals surface area contributed by atoms with E-state index < -0.39 is 0 Å². The van der Waals surface area contributed by atoms with Gasteiger partial charge in [0.05, 0.1) is 11.4 Å². The zero-order valence-corrected chi connectivity index (χ0v) is 9.17. The minimum Gasteiger partial charge on any atom is -0.397 e. The minimum atomic E-state index is 0.828. The number of hydrogen-bond donors (Lipinski definition) is 1. The number of nitrogens with two attached hydrogens (primary N) is 1. The topological polar surface area (TPSA) is 29.3 Å². The van der Waals surface area contributed by atoms with E-state index in [0.717, 1.165) is 23.5 Å². The van der Waals surface area contributed by atoms with Crippen LogP contribution in [0, 0.1) is 6.92 Å². The molecule has 0 atom stereocenters. The molecule has 76 valence electrons. The molecule has 0 saturated heterocycles. The Morgan fingerprint density at radius 3 is 2.64 bits per heavy atom. The molecule has 0 radical (unpaired) electrons. The maximum absolute atomic E-state index is 5.93. The molecule has 0 fully saturated rings. The molecule has 1 rings (SSSR count). The second kappa shape index (κ2) is 4.18. The van der Waals surface area contributed by atoms with Crippen LogP contribution in [0.2, 0.25) is 0 Å². The highest BCUT2D eigenvalue weighted by atomic mass is 15.1. The Bertz CT molecular complexity index is 322. The third-order valence-electron chi connectivity index (χ3n) is 2.16. The van der Waals surface area contributed by atoms with Crippen molar-refractivity contribution < 1.29 is 0 Å². The van der Waals surface area contributed by atoms with Crippen LogP contribution in [0.1, 0.15) is 12.5 Å². The summed E-state index contributed by atoms with van der Waals surface area (Å²) in [5.74, 6) is 0. The monoisotopic (exact) mass is 190 g/mol. The van der Waals surface area contributed by atoms with Gasteiger partial charge in [0, 0.05) is 13.6 Å². The average Bonchev–Trinajstić information content (AvgIpc) is 2.01. The van der Waals surface area contributed by atoms with Crippen LogP contribution >= 0.6 is 0 Å². The summed E-state index contributed by atoms with van der Waals surface area (Å²) in [5.41, 5.74) is 10.2. The number of rotatable bonds is 3. The second-order valence-corrected chi connectivity index (χ2v) is 3.83. The molecule has 2 nitrogen and oxygen atoms in total. The van der Waals surface area contributed by atoms with Gasteiger partial charge in [-0.2, -0.15) is 0 Å². The molecule has 2 N–H and O–H groups in total. The van der Waals surface area contributed by atoms with Crippen LogP contribution in [0.5, 0.6) is 0 Å². The van der Waals surface area contributed by atoms with Crippen LogP contribution in [0.3, 0.4) is 0 Å². The van der Waals surface area contributed by atoms with Crippen molar-refractivity contribution in [1.29, 1.82) is 0 Å². The largest absolute Gasteiger partial charge is 0.397 e. The van der Waals surface area contributed by atoms with Crippen molar-refractivity contribution in [2.75, 3.05) is 24.2 Å². The van der Waals surface area contributed by atoms with Crippen molar-refractivity contribution in [3.8, 4) is 0 Å². The van der Waals surface area contributed by atoms with E-state index in [-0.39, 0.29) is 0 Å². The fourth-order valence-corrected chi connectivity index (χ4v) is 1.69. The average molecular weight is 190 g/mol. The molecule has 0 heterocycles. The van der Waals surface area contributed by atoms with Gasteiger partial charge in [-0.3, -0.25) is 0 Å². The maximum Gasteiger partial charge on any atom is 0.0629 e. The fourth-order valence-electron chi connectivity index (χ4n) is 1.69. The van der Waals surface area contributed by atoms with Gasteiger partial charge in [0.1, 0.15) is 0 Å². The van der Waals surface area contributed by atoms with Crippen molar-refractivity contribution in [3.63, 3.8) is 0 Å². The highest BCUT2D eigenvalue weighted by Gasteiger charge is 2.07. The van der Waals surface area contributed by atoms with E-state index >= 15 is 0 Å². The van der Waals surface area contributed by atoms with Crippen LogP contribution in [-0.4, -0.2) is 13.6 Å². The molecule has 0 unspecified atom stereocenters. The number of likely N-dealkylation sites (N-methyl/N-ethyl adjacent to an activating group) is 1. The maximum atomic E-state index is 5.93. The van der Waals surface area contributed by atoms with Crippen LogP contribution in [0.15, 0.2) is 30.4 Å². The van der Waals surface area contributed by atoms with Gasteiger partial charge in [-0.15, -0.1) is 0 Å². The first-order valence-electron chi connectivity index (χ1n) is 4.73. The number of hydrogen-bond acceptors (Lipinski definition) is 2. The number of nitrogen functional groups attached to an aromatic ring is 1. The number of benzene rings is 1. The number of nitrogens with zero attached hydrogens (tertiary/aromatic N) is 1. The number of anilines is 2. The standard InChI is InChI=1S/C12H18N2/c1-9(2)8-14(4)12-10(3)6-5-7-11(12)13/h5-7H,1,8,13H2,2-4H3. The summed E-state index contributed by atoms with van der Waals surface area (Å²) < 4.78 is 0. The quantitative estimate of drug-likeness (QED) is 0.586. The lowest BCUT2D eigenvalue weighted by atomic mass is 10.1. The van der Waals surface area contributed by atoms with Gasteiger partial charge >= 0.3 is 0 Å². The third-order valence-corrected chi connectivity index (χ3v) is 2.16. The second-order valence-electron chi connectivity index (χ2n) is 3.83. The molecule has 0 aliphatic carbocycles.